The van der Waals surface area contributed by atoms with Crippen molar-refractivity contribution in [2.24, 2.45) is 0 Å². The van der Waals surface area contributed by atoms with Crippen LogP contribution < -0.4 is 4.74 Å². The van der Waals surface area contributed by atoms with Gasteiger partial charge in [-0.25, -0.2) is 9.78 Å². The monoisotopic (exact) mass is 249 g/mol. The maximum Gasteiger partial charge on any atom is 0.356 e. The summed E-state index contributed by atoms with van der Waals surface area (Å²) in [6.45, 7) is 1.79. The van der Waals surface area contributed by atoms with Gasteiger partial charge in [-0.1, -0.05) is 12.1 Å². The van der Waals surface area contributed by atoms with Gasteiger partial charge in [0.1, 0.15) is 5.75 Å². The Balaban J connectivity index is 2.63. The first-order valence-corrected chi connectivity index (χ1v) is 5.79. The summed E-state index contributed by atoms with van der Waals surface area (Å²) in [7, 11) is 1.56. The predicted molar refractivity (Wildman–Crippen MR) is 65.8 cm³/mol. The van der Waals surface area contributed by atoms with Crippen LogP contribution in [-0.2, 0) is 0 Å². The minimum absolute atomic E-state index is 0.0806. The number of nitrogens with zero attached hydrogens (tertiary/aromatic N) is 1. The number of hydrogen-bond acceptors (Lipinski definition) is 4. The molecule has 1 aromatic heterocycles. The van der Waals surface area contributed by atoms with Crippen molar-refractivity contribution in [3.05, 3.63) is 35.0 Å². The number of methoxy groups -OCH3 is 1. The lowest BCUT2D eigenvalue weighted by molar-refractivity contribution is 0.0692. The van der Waals surface area contributed by atoms with Gasteiger partial charge in [-0.3, -0.25) is 0 Å². The molecule has 2 rings (SSSR count). The smallest absolute Gasteiger partial charge is 0.356 e. The number of carboxylic acids is 1. The van der Waals surface area contributed by atoms with Crippen LogP contribution in [0.4, 0.5) is 0 Å². The molecule has 17 heavy (non-hydrogen) atoms. The lowest BCUT2D eigenvalue weighted by Crippen LogP contribution is -1.99. The largest absolute Gasteiger partial charge is 0.496 e. The van der Waals surface area contributed by atoms with Crippen LogP contribution in [0, 0.1) is 6.92 Å². The Morgan fingerprint density at radius 1 is 1.41 bits per heavy atom. The lowest BCUT2D eigenvalue weighted by Gasteiger charge is -2.06. The Kier molecular flexibility index (Phi) is 3.10. The molecule has 1 heterocycles. The van der Waals surface area contributed by atoms with E-state index < -0.39 is 5.97 Å². The number of carbonyl (C=O) groups is 1. The highest BCUT2D eigenvalue weighted by atomic mass is 32.1. The van der Waals surface area contributed by atoms with Crippen molar-refractivity contribution in [3.8, 4) is 16.2 Å². The van der Waals surface area contributed by atoms with Crippen molar-refractivity contribution >= 4 is 17.3 Å². The SMILES string of the molecule is COc1ccccc1-c1sc(C)nc1C(=O)O. The number of para-hydroxylation sites is 1. The first kappa shape index (κ1) is 11.6. The Morgan fingerprint density at radius 2 is 2.12 bits per heavy atom. The zero-order chi connectivity index (χ0) is 12.4. The molecule has 0 aliphatic rings. The van der Waals surface area contributed by atoms with E-state index in [1.807, 2.05) is 18.2 Å². The van der Waals surface area contributed by atoms with Gasteiger partial charge in [0, 0.05) is 5.56 Å². The first-order chi connectivity index (χ1) is 8.13. The van der Waals surface area contributed by atoms with Crippen molar-refractivity contribution in [1.29, 1.82) is 0 Å². The van der Waals surface area contributed by atoms with Gasteiger partial charge in [0.15, 0.2) is 5.69 Å². The molecule has 0 amide bonds. The maximum absolute atomic E-state index is 11.1. The molecule has 0 saturated carbocycles. The van der Waals surface area contributed by atoms with E-state index in [9.17, 15) is 4.79 Å². The number of ether oxygens (including phenoxy) is 1. The fourth-order valence-corrected chi connectivity index (χ4v) is 2.53. The molecule has 0 aliphatic carbocycles. The Labute approximate surface area is 103 Å². The molecule has 0 bridgehead atoms. The molecule has 5 heteroatoms. The van der Waals surface area contributed by atoms with Gasteiger partial charge in [-0.2, -0.15) is 0 Å². The molecule has 0 radical (unpaired) electrons. The van der Waals surface area contributed by atoms with Crippen LogP contribution in [0.5, 0.6) is 5.75 Å². The number of thiazole rings is 1. The van der Waals surface area contributed by atoms with Crippen molar-refractivity contribution in [3.63, 3.8) is 0 Å². The Bertz CT molecular complexity index is 563. The minimum Gasteiger partial charge on any atom is -0.496 e. The van der Waals surface area contributed by atoms with Crippen molar-refractivity contribution < 1.29 is 14.6 Å². The van der Waals surface area contributed by atoms with E-state index in [1.165, 1.54) is 11.3 Å². The average molecular weight is 249 g/mol. The number of hydrogen-bond donors (Lipinski definition) is 1. The molecule has 1 aromatic carbocycles. The highest BCUT2D eigenvalue weighted by Gasteiger charge is 2.19. The summed E-state index contributed by atoms with van der Waals surface area (Å²) in [5.41, 5.74) is 0.843. The highest BCUT2D eigenvalue weighted by molar-refractivity contribution is 7.15. The standard InChI is InChI=1S/C12H11NO3S/c1-7-13-10(12(14)15)11(17-7)8-5-3-4-6-9(8)16-2/h3-6H,1-2H3,(H,14,15). The van der Waals surface area contributed by atoms with Crippen LogP contribution in [0.1, 0.15) is 15.5 Å². The Hall–Kier alpha value is -1.88. The maximum atomic E-state index is 11.1. The van der Waals surface area contributed by atoms with Crippen LogP contribution in [0.15, 0.2) is 24.3 Å². The molecule has 2 aromatic rings. The van der Waals surface area contributed by atoms with Gasteiger partial charge in [0.05, 0.1) is 17.0 Å². The van der Waals surface area contributed by atoms with E-state index >= 15 is 0 Å². The Morgan fingerprint density at radius 3 is 2.76 bits per heavy atom. The van der Waals surface area contributed by atoms with Crippen molar-refractivity contribution in [1.82, 2.24) is 4.98 Å². The molecular formula is C12H11NO3S. The second kappa shape index (κ2) is 4.55. The zero-order valence-corrected chi connectivity index (χ0v) is 10.2. The molecule has 0 atom stereocenters. The third kappa shape index (κ3) is 2.14. The fourth-order valence-electron chi connectivity index (χ4n) is 1.59. The molecule has 1 N–H and O–H groups in total. The van der Waals surface area contributed by atoms with Crippen molar-refractivity contribution in [2.45, 2.75) is 6.92 Å². The molecule has 0 saturated heterocycles. The number of rotatable bonds is 3. The van der Waals surface area contributed by atoms with Gasteiger partial charge in [-0.15, -0.1) is 11.3 Å². The summed E-state index contributed by atoms with van der Waals surface area (Å²) in [5, 5.41) is 9.83. The van der Waals surface area contributed by atoms with E-state index in [0.717, 1.165) is 10.6 Å². The molecule has 0 unspecified atom stereocenters. The number of aryl methyl sites for hydroxylation is 1. The highest BCUT2D eigenvalue weighted by Crippen LogP contribution is 2.36. The van der Waals surface area contributed by atoms with Crippen LogP contribution >= 0.6 is 11.3 Å². The van der Waals surface area contributed by atoms with E-state index in [1.54, 1.807) is 20.1 Å². The molecule has 88 valence electrons. The van der Waals surface area contributed by atoms with E-state index in [4.69, 9.17) is 9.84 Å². The molecule has 0 fully saturated rings. The third-order valence-corrected chi connectivity index (χ3v) is 3.29. The van der Waals surface area contributed by atoms with Gasteiger partial charge in [-0.05, 0) is 19.1 Å². The van der Waals surface area contributed by atoms with Crippen LogP contribution in [0.2, 0.25) is 0 Å². The van der Waals surface area contributed by atoms with Crippen LogP contribution in [-0.4, -0.2) is 23.2 Å². The van der Waals surface area contributed by atoms with Gasteiger partial charge < -0.3 is 9.84 Å². The lowest BCUT2D eigenvalue weighted by atomic mass is 10.1. The molecule has 0 spiro atoms. The second-order valence-electron chi connectivity index (χ2n) is 3.42. The van der Waals surface area contributed by atoms with Gasteiger partial charge >= 0.3 is 5.97 Å². The number of aromatic nitrogens is 1. The molecule has 0 aliphatic heterocycles. The zero-order valence-electron chi connectivity index (χ0n) is 9.43. The topological polar surface area (TPSA) is 59.4 Å². The van der Waals surface area contributed by atoms with Crippen LogP contribution in [0.3, 0.4) is 0 Å². The first-order valence-electron chi connectivity index (χ1n) is 4.97. The quantitative estimate of drug-likeness (QED) is 0.908. The van der Waals surface area contributed by atoms with Gasteiger partial charge in [0.2, 0.25) is 0 Å². The molecule has 4 nitrogen and oxygen atoms in total. The summed E-state index contributed by atoms with van der Waals surface area (Å²) in [6, 6.07) is 7.32. The number of carboxylic acid groups (broad SMARTS) is 1. The summed E-state index contributed by atoms with van der Waals surface area (Å²) >= 11 is 1.35. The fraction of sp³-hybridized carbons (Fsp3) is 0.167. The number of aromatic carboxylic acids is 1. The third-order valence-electron chi connectivity index (χ3n) is 2.29. The van der Waals surface area contributed by atoms with Crippen LogP contribution in [0.25, 0.3) is 10.4 Å². The van der Waals surface area contributed by atoms with Gasteiger partial charge in [0.25, 0.3) is 0 Å². The summed E-state index contributed by atoms with van der Waals surface area (Å²) in [6.07, 6.45) is 0. The number of benzene rings is 1. The summed E-state index contributed by atoms with van der Waals surface area (Å²) < 4.78 is 5.23. The summed E-state index contributed by atoms with van der Waals surface area (Å²) in [4.78, 5) is 15.8. The molecular weight excluding hydrogens is 238 g/mol. The predicted octanol–water partition coefficient (Wildman–Crippen LogP) is 2.83. The van der Waals surface area contributed by atoms with E-state index in [0.29, 0.717) is 10.6 Å². The second-order valence-corrected chi connectivity index (χ2v) is 4.62. The normalized spacial score (nSPS) is 10.2. The van der Waals surface area contributed by atoms with E-state index in [2.05, 4.69) is 4.98 Å². The summed E-state index contributed by atoms with van der Waals surface area (Å²) in [5.74, 6) is -0.367. The van der Waals surface area contributed by atoms with E-state index in [-0.39, 0.29) is 5.69 Å². The minimum atomic E-state index is -1.02. The van der Waals surface area contributed by atoms with Crippen molar-refractivity contribution in [2.75, 3.05) is 7.11 Å². The average Bonchev–Trinajstić information content (AvgIpc) is 2.71.